The predicted molar refractivity (Wildman–Crippen MR) is 148 cm³/mol. The number of halogens is 3. The van der Waals surface area contributed by atoms with Crippen LogP contribution in [0.1, 0.15) is 67.9 Å². The molecular formula is C29H35F3N4O6. The standard InChI is InChI=1S/C29H35F3N4O6/c1-28(2,3)42-27(40)35-21-14-13-19(29(30,31)32)15-20(21)25(38)33-16-24(37)34-22-11-7-8-12-23(22)36-26(39)41-17-18-9-5-4-6-10-18/h4-6,9-10,13-15,22-23H,7-8,11-12,16-17H2,1-3H3,(H,33,38)(H,34,37)(H,35,40)(H,36,39). The van der Waals surface area contributed by atoms with Crippen LogP contribution in [0.4, 0.5) is 28.4 Å². The lowest BCUT2D eigenvalue weighted by Gasteiger charge is -2.32. The SMILES string of the molecule is CC(C)(C)OC(=O)Nc1ccc(C(F)(F)F)cc1C(=O)NCC(=O)NC1CCCCC1NC(=O)OCc1ccccc1. The van der Waals surface area contributed by atoms with Gasteiger partial charge in [-0.1, -0.05) is 43.2 Å². The van der Waals surface area contributed by atoms with Gasteiger partial charge in [0.05, 0.1) is 29.4 Å². The number of amides is 4. The summed E-state index contributed by atoms with van der Waals surface area (Å²) in [5.41, 5.74) is -1.90. The van der Waals surface area contributed by atoms with Crippen LogP contribution in [0.5, 0.6) is 0 Å². The number of ether oxygens (including phenoxy) is 2. The molecule has 0 spiro atoms. The Bertz CT molecular complexity index is 1260. The van der Waals surface area contributed by atoms with Crippen molar-refractivity contribution in [1.82, 2.24) is 16.0 Å². The van der Waals surface area contributed by atoms with E-state index in [4.69, 9.17) is 9.47 Å². The van der Waals surface area contributed by atoms with Gasteiger partial charge in [-0.05, 0) is 57.4 Å². The molecule has 228 valence electrons. The zero-order chi connectivity index (χ0) is 30.9. The van der Waals surface area contributed by atoms with Crippen molar-refractivity contribution in [3.8, 4) is 0 Å². The van der Waals surface area contributed by atoms with Gasteiger partial charge in [-0.15, -0.1) is 0 Å². The van der Waals surface area contributed by atoms with Gasteiger partial charge in [0.25, 0.3) is 5.91 Å². The average molecular weight is 593 g/mol. The first-order chi connectivity index (χ1) is 19.7. The van der Waals surface area contributed by atoms with E-state index in [1.807, 2.05) is 30.3 Å². The highest BCUT2D eigenvalue weighted by molar-refractivity contribution is 6.04. The highest BCUT2D eigenvalue weighted by Crippen LogP contribution is 2.32. The Morgan fingerprint density at radius 3 is 2.14 bits per heavy atom. The molecule has 4 amide bonds. The van der Waals surface area contributed by atoms with Crippen LogP contribution < -0.4 is 21.3 Å². The largest absolute Gasteiger partial charge is 0.445 e. The van der Waals surface area contributed by atoms with Crippen molar-refractivity contribution in [2.75, 3.05) is 11.9 Å². The van der Waals surface area contributed by atoms with Crippen molar-refractivity contribution < 1.29 is 41.8 Å². The van der Waals surface area contributed by atoms with Crippen molar-refractivity contribution in [1.29, 1.82) is 0 Å². The Morgan fingerprint density at radius 2 is 1.52 bits per heavy atom. The summed E-state index contributed by atoms with van der Waals surface area (Å²) in [4.78, 5) is 50.1. The zero-order valence-electron chi connectivity index (χ0n) is 23.6. The number of rotatable bonds is 8. The molecule has 2 atom stereocenters. The van der Waals surface area contributed by atoms with Crippen molar-refractivity contribution in [3.63, 3.8) is 0 Å². The molecule has 10 nitrogen and oxygen atoms in total. The molecule has 2 aromatic carbocycles. The quantitative estimate of drug-likeness (QED) is 0.336. The molecule has 0 aliphatic heterocycles. The lowest BCUT2D eigenvalue weighted by atomic mass is 9.90. The van der Waals surface area contributed by atoms with Crippen molar-refractivity contribution >= 4 is 29.7 Å². The first-order valence-electron chi connectivity index (χ1n) is 13.5. The number of benzene rings is 2. The Morgan fingerprint density at radius 1 is 0.881 bits per heavy atom. The second-order valence-electron chi connectivity index (χ2n) is 10.8. The number of hydrogen-bond donors (Lipinski definition) is 4. The molecule has 1 aliphatic carbocycles. The zero-order valence-corrected chi connectivity index (χ0v) is 23.6. The van der Waals surface area contributed by atoms with E-state index < -0.39 is 65.5 Å². The van der Waals surface area contributed by atoms with E-state index in [2.05, 4.69) is 21.3 Å². The number of nitrogens with one attached hydrogen (secondary N) is 4. The number of anilines is 1. The third kappa shape index (κ3) is 10.3. The van der Waals surface area contributed by atoms with Crippen molar-refractivity contribution in [2.24, 2.45) is 0 Å². The van der Waals surface area contributed by atoms with Crippen LogP contribution in [-0.4, -0.2) is 48.2 Å². The molecular weight excluding hydrogens is 557 g/mol. The molecule has 3 rings (SSSR count). The first-order valence-corrected chi connectivity index (χ1v) is 13.5. The van der Waals surface area contributed by atoms with Gasteiger partial charge in [-0.2, -0.15) is 13.2 Å². The van der Waals surface area contributed by atoms with Gasteiger partial charge in [-0.25, -0.2) is 9.59 Å². The summed E-state index contributed by atoms with van der Waals surface area (Å²) in [5.74, 6) is -1.61. The van der Waals surface area contributed by atoms with Gasteiger partial charge in [0.2, 0.25) is 5.91 Å². The van der Waals surface area contributed by atoms with E-state index >= 15 is 0 Å². The minimum atomic E-state index is -4.75. The average Bonchev–Trinajstić information content (AvgIpc) is 2.91. The summed E-state index contributed by atoms with van der Waals surface area (Å²) >= 11 is 0. The smallest absolute Gasteiger partial charge is 0.416 e. The Kier molecular flexibility index (Phi) is 10.8. The summed E-state index contributed by atoms with van der Waals surface area (Å²) in [6.45, 7) is 4.34. The maximum atomic E-state index is 13.3. The molecule has 0 radical (unpaired) electrons. The van der Waals surface area contributed by atoms with Crippen LogP contribution in [-0.2, 0) is 27.1 Å². The highest BCUT2D eigenvalue weighted by atomic mass is 19.4. The first kappa shape index (κ1) is 32.2. The number of carbonyl (C=O) groups is 4. The monoisotopic (exact) mass is 592 g/mol. The molecule has 0 heterocycles. The summed E-state index contributed by atoms with van der Waals surface area (Å²) in [7, 11) is 0. The Hall–Kier alpha value is -4.29. The summed E-state index contributed by atoms with van der Waals surface area (Å²) < 4.78 is 50.4. The van der Waals surface area contributed by atoms with E-state index in [1.165, 1.54) is 0 Å². The van der Waals surface area contributed by atoms with Gasteiger partial charge in [0.1, 0.15) is 12.2 Å². The van der Waals surface area contributed by atoms with Crippen LogP contribution in [0.2, 0.25) is 0 Å². The van der Waals surface area contributed by atoms with Gasteiger partial charge in [-0.3, -0.25) is 14.9 Å². The topological polar surface area (TPSA) is 135 Å². The highest BCUT2D eigenvalue weighted by Gasteiger charge is 2.33. The van der Waals surface area contributed by atoms with E-state index in [-0.39, 0.29) is 12.3 Å². The second kappa shape index (κ2) is 14.1. The molecule has 2 unspecified atom stereocenters. The Labute approximate surface area is 241 Å². The molecule has 1 fully saturated rings. The third-order valence-electron chi connectivity index (χ3n) is 6.26. The predicted octanol–water partition coefficient (Wildman–Crippen LogP) is 5.14. The van der Waals surface area contributed by atoms with E-state index in [9.17, 15) is 32.3 Å². The number of carbonyl (C=O) groups excluding carboxylic acids is 4. The normalized spacial score (nSPS) is 17.0. The van der Waals surface area contributed by atoms with Crippen LogP contribution in [0.3, 0.4) is 0 Å². The minimum absolute atomic E-state index is 0.0861. The van der Waals surface area contributed by atoms with Crippen LogP contribution in [0.25, 0.3) is 0 Å². The summed E-state index contributed by atoms with van der Waals surface area (Å²) in [5, 5.41) is 10.1. The summed E-state index contributed by atoms with van der Waals surface area (Å²) in [6, 6.07) is 10.5. The fraction of sp³-hybridized carbons (Fsp3) is 0.448. The molecule has 1 aliphatic rings. The molecule has 1 saturated carbocycles. The maximum absolute atomic E-state index is 13.3. The molecule has 0 saturated heterocycles. The van der Waals surface area contributed by atoms with E-state index in [1.54, 1.807) is 20.8 Å². The molecule has 2 aromatic rings. The van der Waals surface area contributed by atoms with E-state index in [0.717, 1.165) is 30.5 Å². The fourth-order valence-corrected chi connectivity index (χ4v) is 4.34. The molecule has 13 heteroatoms. The van der Waals surface area contributed by atoms with Gasteiger partial charge in [0, 0.05) is 6.04 Å². The molecule has 4 N–H and O–H groups in total. The van der Waals surface area contributed by atoms with Gasteiger partial charge < -0.3 is 25.4 Å². The molecule has 42 heavy (non-hydrogen) atoms. The number of alkyl halides is 3. The van der Waals surface area contributed by atoms with Crippen molar-refractivity contribution in [3.05, 3.63) is 65.2 Å². The lowest BCUT2D eigenvalue weighted by Crippen LogP contribution is -2.54. The second-order valence-corrected chi connectivity index (χ2v) is 10.8. The van der Waals surface area contributed by atoms with Crippen LogP contribution in [0, 0.1) is 0 Å². The molecule has 0 aromatic heterocycles. The van der Waals surface area contributed by atoms with Gasteiger partial charge >= 0.3 is 18.4 Å². The van der Waals surface area contributed by atoms with Gasteiger partial charge in [0.15, 0.2) is 0 Å². The Balaban J connectivity index is 1.60. The lowest BCUT2D eigenvalue weighted by molar-refractivity contribution is -0.137. The minimum Gasteiger partial charge on any atom is -0.445 e. The third-order valence-corrected chi connectivity index (χ3v) is 6.26. The summed E-state index contributed by atoms with van der Waals surface area (Å²) in [6.07, 6.45) is -3.54. The number of alkyl carbamates (subject to hydrolysis) is 1. The van der Waals surface area contributed by atoms with E-state index in [0.29, 0.717) is 18.9 Å². The van der Waals surface area contributed by atoms with Crippen molar-refractivity contribution in [2.45, 2.75) is 76.9 Å². The fourth-order valence-electron chi connectivity index (χ4n) is 4.34. The molecule has 0 bridgehead atoms. The maximum Gasteiger partial charge on any atom is 0.416 e. The number of hydrogen-bond acceptors (Lipinski definition) is 6. The van der Waals surface area contributed by atoms with Crippen LogP contribution in [0.15, 0.2) is 48.5 Å². The van der Waals surface area contributed by atoms with Crippen LogP contribution >= 0.6 is 0 Å².